The quantitative estimate of drug-likeness (QED) is 0.771. The smallest absolute Gasteiger partial charge is 0.173 e. The molecule has 2 nitrogen and oxygen atoms in total. The van der Waals surface area contributed by atoms with Gasteiger partial charge in [0.25, 0.3) is 0 Å². The number of alkyl halides is 1. The molecule has 0 saturated heterocycles. The van der Waals surface area contributed by atoms with Crippen molar-refractivity contribution in [2.24, 2.45) is 0 Å². The van der Waals surface area contributed by atoms with E-state index in [0.29, 0.717) is 4.67 Å². The Kier molecular flexibility index (Phi) is 2.89. The van der Waals surface area contributed by atoms with Crippen LogP contribution in [0.15, 0.2) is 39.6 Å². The average Bonchev–Trinajstić information content (AvgIpc) is 2.95. The van der Waals surface area contributed by atoms with Gasteiger partial charge in [-0.1, -0.05) is 12.1 Å². The predicted octanol–water partition coefficient (Wildman–Crippen LogP) is 4.31. The van der Waals surface area contributed by atoms with Crippen LogP contribution in [0.1, 0.15) is 22.1 Å². The second-order valence-electron chi connectivity index (χ2n) is 3.98. The molecule has 1 unspecified atom stereocenters. The van der Waals surface area contributed by atoms with Gasteiger partial charge in [-0.25, -0.2) is 0 Å². The molecule has 2 heterocycles. The van der Waals surface area contributed by atoms with Gasteiger partial charge in [0.2, 0.25) is 0 Å². The van der Waals surface area contributed by atoms with Gasteiger partial charge in [0.1, 0.15) is 5.75 Å². The van der Waals surface area contributed by atoms with Gasteiger partial charge in [-0.15, -0.1) is 11.6 Å². The first-order valence-corrected chi connectivity index (χ1v) is 6.61. The van der Waals surface area contributed by atoms with Crippen molar-refractivity contribution in [3.8, 4) is 5.75 Å². The van der Waals surface area contributed by atoms with Crippen molar-refractivity contribution in [3.63, 3.8) is 0 Å². The molecule has 0 amide bonds. The number of hydrogen-bond acceptors (Lipinski definition) is 2. The largest absolute Gasteiger partial charge is 0.493 e. The van der Waals surface area contributed by atoms with Gasteiger partial charge >= 0.3 is 0 Å². The molecule has 0 radical (unpaired) electrons. The molecule has 2 aromatic rings. The maximum Gasteiger partial charge on any atom is 0.173 e. The molecule has 0 saturated carbocycles. The highest BCUT2D eigenvalue weighted by Crippen LogP contribution is 2.37. The summed E-state index contributed by atoms with van der Waals surface area (Å²) in [6.07, 6.45) is 2.59. The Labute approximate surface area is 113 Å². The summed E-state index contributed by atoms with van der Waals surface area (Å²) < 4.78 is 11.4. The minimum atomic E-state index is -0.200. The summed E-state index contributed by atoms with van der Waals surface area (Å²) in [5.74, 6) is 0.976. The molecule has 0 spiro atoms. The maximum atomic E-state index is 6.45. The monoisotopic (exact) mass is 312 g/mol. The number of ether oxygens (including phenoxy) is 1. The van der Waals surface area contributed by atoms with Crippen molar-refractivity contribution in [1.82, 2.24) is 0 Å². The summed E-state index contributed by atoms with van der Waals surface area (Å²) in [6.45, 7) is 0.765. The van der Waals surface area contributed by atoms with Gasteiger partial charge in [0.15, 0.2) is 4.67 Å². The fourth-order valence-corrected chi connectivity index (χ4v) is 2.94. The van der Waals surface area contributed by atoms with Crippen LogP contribution >= 0.6 is 27.5 Å². The Bertz CT molecular complexity index is 550. The van der Waals surface area contributed by atoms with Crippen LogP contribution in [0.3, 0.4) is 0 Å². The molecule has 17 heavy (non-hydrogen) atoms. The second kappa shape index (κ2) is 4.39. The Morgan fingerprint density at radius 1 is 1.29 bits per heavy atom. The van der Waals surface area contributed by atoms with Gasteiger partial charge in [-0.3, -0.25) is 0 Å². The summed E-state index contributed by atoms with van der Waals surface area (Å²) in [7, 11) is 0. The third-order valence-corrected chi connectivity index (χ3v) is 4.06. The lowest BCUT2D eigenvalue weighted by Gasteiger charge is -2.09. The average molecular weight is 314 g/mol. The molecular formula is C13H10BrClO2. The Hall–Kier alpha value is -0.930. The highest BCUT2D eigenvalue weighted by molar-refractivity contribution is 9.10. The molecule has 4 heteroatoms. The number of fused-ring (bicyclic) bond motifs is 1. The fraction of sp³-hybridized carbons (Fsp3) is 0.231. The molecule has 1 aromatic carbocycles. The molecule has 1 aliphatic heterocycles. The number of benzene rings is 1. The van der Waals surface area contributed by atoms with Gasteiger partial charge < -0.3 is 9.15 Å². The summed E-state index contributed by atoms with van der Waals surface area (Å²) in [4.78, 5) is 0. The fourth-order valence-electron chi connectivity index (χ4n) is 2.03. The number of rotatable bonds is 2. The van der Waals surface area contributed by atoms with E-state index in [-0.39, 0.29) is 5.38 Å². The van der Waals surface area contributed by atoms with Gasteiger partial charge in [-0.05, 0) is 39.2 Å². The number of hydrogen-bond donors (Lipinski definition) is 0. The van der Waals surface area contributed by atoms with E-state index in [1.165, 1.54) is 5.56 Å². The molecule has 1 aromatic heterocycles. The molecule has 0 N–H and O–H groups in total. The maximum absolute atomic E-state index is 6.45. The zero-order valence-corrected chi connectivity index (χ0v) is 11.3. The van der Waals surface area contributed by atoms with E-state index >= 15 is 0 Å². The van der Waals surface area contributed by atoms with Crippen LogP contribution < -0.4 is 4.74 Å². The first-order chi connectivity index (χ1) is 8.25. The second-order valence-corrected chi connectivity index (χ2v) is 5.13. The van der Waals surface area contributed by atoms with Gasteiger partial charge in [0, 0.05) is 12.0 Å². The molecule has 1 aliphatic rings. The summed E-state index contributed by atoms with van der Waals surface area (Å²) >= 11 is 9.80. The van der Waals surface area contributed by atoms with Crippen LogP contribution in [0, 0.1) is 0 Å². The Morgan fingerprint density at radius 2 is 2.18 bits per heavy atom. The molecule has 0 fully saturated rings. The van der Waals surface area contributed by atoms with Gasteiger partial charge in [-0.2, -0.15) is 0 Å². The van der Waals surface area contributed by atoms with Crippen molar-refractivity contribution < 1.29 is 9.15 Å². The van der Waals surface area contributed by atoms with Crippen LogP contribution in [-0.4, -0.2) is 6.61 Å². The normalized spacial score (nSPS) is 15.4. The van der Waals surface area contributed by atoms with Gasteiger partial charge in [0.05, 0.1) is 18.2 Å². The SMILES string of the molecule is ClC(c1ccc2c(c1)CCO2)c1ccoc1Br. The minimum absolute atomic E-state index is 0.200. The molecule has 0 aliphatic carbocycles. The van der Waals surface area contributed by atoms with Crippen LogP contribution in [-0.2, 0) is 6.42 Å². The van der Waals surface area contributed by atoms with E-state index in [1.807, 2.05) is 18.2 Å². The summed E-state index contributed by atoms with van der Waals surface area (Å²) in [6, 6.07) is 7.98. The Balaban J connectivity index is 1.97. The van der Waals surface area contributed by atoms with E-state index < -0.39 is 0 Å². The Morgan fingerprint density at radius 3 is 2.94 bits per heavy atom. The van der Waals surface area contributed by atoms with Crippen LogP contribution in [0.25, 0.3) is 0 Å². The molecule has 1 atom stereocenters. The lowest BCUT2D eigenvalue weighted by atomic mass is 10.0. The third-order valence-electron chi connectivity index (χ3n) is 2.93. The highest BCUT2D eigenvalue weighted by atomic mass is 79.9. The zero-order chi connectivity index (χ0) is 11.8. The standard InChI is InChI=1S/C13H10BrClO2/c14-13-10(4-6-17-13)12(15)9-1-2-11-8(7-9)3-5-16-11/h1-2,4,6-7,12H,3,5H2. The van der Waals surface area contributed by atoms with E-state index in [0.717, 1.165) is 29.9 Å². The van der Waals surface area contributed by atoms with Crippen molar-refractivity contribution in [1.29, 1.82) is 0 Å². The number of halogens is 2. The van der Waals surface area contributed by atoms with Crippen LogP contribution in [0.4, 0.5) is 0 Å². The molecule has 3 rings (SSSR count). The van der Waals surface area contributed by atoms with Crippen molar-refractivity contribution in [3.05, 3.63) is 51.9 Å². The highest BCUT2D eigenvalue weighted by Gasteiger charge is 2.19. The lowest BCUT2D eigenvalue weighted by molar-refractivity contribution is 0.357. The van der Waals surface area contributed by atoms with Crippen molar-refractivity contribution in [2.45, 2.75) is 11.8 Å². The van der Waals surface area contributed by atoms with Crippen molar-refractivity contribution in [2.75, 3.05) is 6.61 Å². The minimum Gasteiger partial charge on any atom is -0.493 e. The van der Waals surface area contributed by atoms with Crippen LogP contribution in [0.5, 0.6) is 5.75 Å². The molecular weight excluding hydrogens is 303 g/mol. The molecule has 88 valence electrons. The predicted molar refractivity (Wildman–Crippen MR) is 69.7 cm³/mol. The topological polar surface area (TPSA) is 22.4 Å². The summed E-state index contributed by atoms with van der Waals surface area (Å²) in [5, 5.41) is -0.200. The lowest BCUT2D eigenvalue weighted by Crippen LogP contribution is -1.93. The van der Waals surface area contributed by atoms with E-state index in [1.54, 1.807) is 6.26 Å². The number of furan rings is 1. The summed E-state index contributed by atoms with van der Waals surface area (Å²) in [5.41, 5.74) is 3.25. The van der Waals surface area contributed by atoms with E-state index in [4.69, 9.17) is 20.8 Å². The van der Waals surface area contributed by atoms with E-state index in [2.05, 4.69) is 22.0 Å². The van der Waals surface area contributed by atoms with E-state index in [9.17, 15) is 0 Å². The van der Waals surface area contributed by atoms with Crippen molar-refractivity contribution >= 4 is 27.5 Å². The van der Waals surface area contributed by atoms with Crippen LogP contribution in [0.2, 0.25) is 0 Å². The zero-order valence-electron chi connectivity index (χ0n) is 8.95. The molecule has 0 bridgehead atoms. The first-order valence-electron chi connectivity index (χ1n) is 5.38. The first kappa shape index (κ1) is 11.2. The third kappa shape index (κ3) is 1.98.